The average Bonchev–Trinajstić information content (AvgIpc) is 2.79. The van der Waals surface area contributed by atoms with Gasteiger partial charge in [0.2, 0.25) is 0 Å². The Hall–Kier alpha value is -2.89. The van der Waals surface area contributed by atoms with Gasteiger partial charge in [-0.3, -0.25) is 4.79 Å². The highest BCUT2D eigenvalue weighted by atomic mass is 35.5. The van der Waals surface area contributed by atoms with Gasteiger partial charge in [0.1, 0.15) is 6.61 Å². The predicted molar refractivity (Wildman–Crippen MR) is 128 cm³/mol. The van der Waals surface area contributed by atoms with Gasteiger partial charge in [-0.25, -0.2) is 4.79 Å². The molecule has 0 unspecified atom stereocenters. The SMILES string of the molecule is COCCOC(=O)C1=C(C)NC2=C(C(=O)C[C@@H](c3ccc(Cl)cc3)C2)[C@@H]1c1ccc(C)cc1. The molecule has 4 rings (SSSR count). The first kappa shape index (κ1) is 23.3. The number of aryl methyl sites for hydroxylation is 1. The molecule has 1 aliphatic carbocycles. The molecule has 1 N–H and O–H groups in total. The maximum Gasteiger partial charge on any atom is 0.336 e. The molecule has 2 aromatic rings. The molecular formula is C27H28ClNO4. The number of rotatable bonds is 6. The lowest BCUT2D eigenvalue weighted by Crippen LogP contribution is -2.36. The van der Waals surface area contributed by atoms with Crippen LogP contribution in [0.4, 0.5) is 0 Å². The van der Waals surface area contributed by atoms with Crippen LogP contribution in [0.15, 0.2) is 71.1 Å². The molecule has 2 aromatic carbocycles. The Kier molecular flexibility index (Phi) is 7.01. The van der Waals surface area contributed by atoms with Gasteiger partial charge >= 0.3 is 5.97 Å². The van der Waals surface area contributed by atoms with Crippen LogP contribution in [0.5, 0.6) is 0 Å². The first-order valence-corrected chi connectivity index (χ1v) is 11.5. The standard InChI is InChI=1S/C27H28ClNO4/c1-16-4-6-19(7-5-16)25-24(27(31)33-13-12-32-3)17(2)29-22-14-20(15-23(30)26(22)25)18-8-10-21(28)11-9-18/h4-11,20,25,29H,12-15H2,1-3H3/t20-,25+/m0/s1. The van der Waals surface area contributed by atoms with E-state index < -0.39 is 11.9 Å². The largest absolute Gasteiger partial charge is 0.460 e. The van der Waals surface area contributed by atoms with Crippen LogP contribution in [0.1, 0.15) is 48.3 Å². The van der Waals surface area contributed by atoms with Crippen molar-refractivity contribution in [3.05, 3.63) is 92.8 Å². The minimum atomic E-state index is -0.462. The van der Waals surface area contributed by atoms with Crippen LogP contribution in [0.2, 0.25) is 5.02 Å². The van der Waals surface area contributed by atoms with Gasteiger partial charge in [0, 0.05) is 41.4 Å². The van der Waals surface area contributed by atoms with Crippen LogP contribution in [0, 0.1) is 6.92 Å². The van der Waals surface area contributed by atoms with E-state index in [1.54, 1.807) is 7.11 Å². The Morgan fingerprint density at radius 1 is 1.00 bits per heavy atom. The number of ketones is 1. The zero-order chi connectivity index (χ0) is 23.5. The number of halogens is 1. The second kappa shape index (κ2) is 9.94. The summed E-state index contributed by atoms with van der Waals surface area (Å²) in [6.07, 6.45) is 1.07. The number of Topliss-reactive ketones (excluding diaryl/α,β-unsaturated/α-hetero) is 1. The van der Waals surface area contributed by atoms with Gasteiger partial charge < -0.3 is 14.8 Å². The smallest absolute Gasteiger partial charge is 0.336 e. The van der Waals surface area contributed by atoms with Crippen LogP contribution in [0.25, 0.3) is 0 Å². The molecule has 0 fully saturated rings. The lowest BCUT2D eigenvalue weighted by molar-refractivity contribution is -0.140. The van der Waals surface area contributed by atoms with E-state index in [-0.39, 0.29) is 18.3 Å². The Bertz CT molecular complexity index is 1120. The maximum atomic E-state index is 13.5. The van der Waals surface area contributed by atoms with Gasteiger partial charge in [0.15, 0.2) is 5.78 Å². The predicted octanol–water partition coefficient (Wildman–Crippen LogP) is 5.20. The number of benzene rings is 2. The van der Waals surface area contributed by atoms with Crippen molar-refractivity contribution in [2.45, 2.75) is 38.5 Å². The highest BCUT2D eigenvalue weighted by molar-refractivity contribution is 6.30. The maximum absolute atomic E-state index is 13.5. The third-order valence-corrected chi connectivity index (χ3v) is 6.57. The minimum Gasteiger partial charge on any atom is -0.460 e. The molecule has 2 aliphatic rings. The van der Waals surface area contributed by atoms with E-state index in [0.29, 0.717) is 41.3 Å². The molecule has 1 heterocycles. The summed E-state index contributed by atoms with van der Waals surface area (Å²) in [6, 6.07) is 15.7. The highest BCUT2D eigenvalue weighted by Gasteiger charge is 2.41. The molecule has 172 valence electrons. The Morgan fingerprint density at radius 2 is 1.67 bits per heavy atom. The van der Waals surface area contributed by atoms with Gasteiger partial charge in [-0.15, -0.1) is 0 Å². The normalized spacial score (nSPS) is 20.4. The number of carbonyl (C=O) groups is 2. The van der Waals surface area contributed by atoms with E-state index in [1.165, 1.54) is 0 Å². The summed E-state index contributed by atoms with van der Waals surface area (Å²) in [5.41, 5.74) is 5.84. The highest BCUT2D eigenvalue weighted by Crippen LogP contribution is 2.45. The van der Waals surface area contributed by atoms with Crippen molar-refractivity contribution in [2.75, 3.05) is 20.3 Å². The Balaban J connectivity index is 1.73. The quantitative estimate of drug-likeness (QED) is 0.469. The summed E-state index contributed by atoms with van der Waals surface area (Å²) >= 11 is 6.05. The van der Waals surface area contributed by atoms with Crippen molar-refractivity contribution in [2.24, 2.45) is 0 Å². The average molecular weight is 466 g/mol. The fourth-order valence-electron chi connectivity index (χ4n) is 4.67. The zero-order valence-corrected chi connectivity index (χ0v) is 19.9. The fraction of sp³-hybridized carbons (Fsp3) is 0.333. The summed E-state index contributed by atoms with van der Waals surface area (Å²) in [7, 11) is 1.56. The molecule has 33 heavy (non-hydrogen) atoms. The van der Waals surface area contributed by atoms with Gasteiger partial charge in [-0.05, 0) is 49.4 Å². The molecule has 6 heteroatoms. The molecule has 0 amide bonds. The Labute approximate surface area is 199 Å². The number of allylic oxidation sites excluding steroid dienone is 3. The van der Waals surface area contributed by atoms with Gasteiger partial charge in [0.05, 0.1) is 12.2 Å². The summed E-state index contributed by atoms with van der Waals surface area (Å²) < 4.78 is 10.5. The van der Waals surface area contributed by atoms with Crippen LogP contribution in [-0.2, 0) is 19.1 Å². The van der Waals surface area contributed by atoms with Gasteiger partial charge in [-0.1, -0.05) is 53.6 Å². The number of hydrogen-bond donors (Lipinski definition) is 1. The van der Waals surface area contributed by atoms with Crippen molar-refractivity contribution >= 4 is 23.4 Å². The van der Waals surface area contributed by atoms with Crippen molar-refractivity contribution in [1.82, 2.24) is 5.32 Å². The van der Waals surface area contributed by atoms with E-state index >= 15 is 0 Å². The number of dihydropyridines is 1. The molecular weight excluding hydrogens is 438 g/mol. The van der Waals surface area contributed by atoms with Crippen molar-refractivity contribution in [1.29, 1.82) is 0 Å². The number of hydrogen-bond acceptors (Lipinski definition) is 5. The number of esters is 1. The van der Waals surface area contributed by atoms with Crippen LogP contribution >= 0.6 is 11.6 Å². The lowest BCUT2D eigenvalue weighted by atomic mass is 9.71. The van der Waals surface area contributed by atoms with Crippen molar-refractivity contribution in [3.63, 3.8) is 0 Å². The molecule has 0 saturated heterocycles. The summed E-state index contributed by atoms with van der Waals surface area (Å²) in [5.74, 6) is -0.788. The van der Waals surface area contributed by atoms with Crippen molar-refractivity contribution < 1.29 is 19.1 Å². The van der Waals surface area contributed by atoms with E-state index in [4.69, 9.17) is 21.1 Å². The summed E-state index contributed by atoms with van der Waals surface area (Å²) in [6.45, 7) is 4.36. The fourth-order valence-corrected chi connectivity index (χ4v) is 4.79. The molecule has 5 nitrogen and oxygen atoms in total. The Morgan fingerprint density at radius 3 is 2.33 bits per heavy atom. The molecule has 2 atom stereocenters. The van der Waals surface area contributed by atoms with E-state index in [0.717, 1.165) is 22.4 Å². The lowest BCUT2D eigenvalue weighted by Gasteiger charge is -2.36. The summed E-state index contributed by atoms with van der Waals surface area (Å²) in [5, 5.41) is 4.05. The molecule has 0 saturated carbocycles. The molecule has 0 spiro atoms. The number of methoxy groups -OCH3 is 1. The third kappa shape index (κ3) is 4.90. The van der Waals surface area contributed by atoms with Crippen LogP contribution in [-0.4, -0.2) is 32.1 Å². The van der Waals surface area contributed by atoms with E-state index in [1.807, 2.05) is 62.4 Å². The third-order valence-electron chi connectivity index (χ3n) is 6.32. The first-order chi connectivity index (χ1) is 15.9. The zero-order valence-electron chi connectivity index (χ0n) is 19.1. The minimum absolute atomic E-state index is 0.0453. The molecule has 0 bridgehead atoms. The molecule has 0 aromatic heterocycles. The number of ether oxygens (including phenoxy) is 2. The molecule has 1 aliphatic heterocycles. The van der Waals surface area contributed by atoms with Gasteiger partial charge in [0.25, 0.3) is 0 Å². The van der Waals surface area contributed by atoms with E-state index in [2.05, 4.69) is 5.32 Å². The number of carbonyl (C=O) groups excluding carboxylic acids is 2. The summed E-state index contributed by atoms with van der Waals surface area (Å²) in [4.78, 5) is 26.7. The van der Waals surface area contributed by atoms with Crippen LogP contribution in [0.3, 0.4) is 0 Å². The topological polar surface area (TPSA) is 64.6 Å². The first-order valence-electron chi connectivity index (χ1n) is 11.1. The van der Waals surface area contributed by atoms with Crippen LogP contribution < -0.4 is 5.32 Å². The van der Waals surface area contributed by atoms with Crippen molar-refractivity contribution in [3.8, 4) is 0 Å². The van der Waals surface area contributed by atoms with E-state index in [9.17, 15) is 9.59 Å². The second-order valence-corrected chi connectivity index (χ2v) is 9.04. The monoisotopic (exact) mass is 465 g/mol. The second-order valence-electron chi connectivity index (χ2n) is 8.61. The molecule has 0 radical (unpaired) electrons. The number of nitrogens with one attached hydrogen (secondary N) is 1. The van der Waals surface area contributed by atoms with Gasteiger partial charge in [-0.2, -0.15) is 0 Å².